The van der Waals surface area contributed by atoms with E-state index in [-0.39, 0.29) is 11.1 Å². The highest BCUT2D eigenvalue weighted by Gasteiger charge is 2.50. The molecular weight excluding hydrogens is 580 g/mol. The van der Waals surface area contributed by atoms with Crippen LogP contribution in [0.5, 0.6) is 0 Å². The highest BCUT2D eigenvalue weighted by Crippen LogP contribution is 2.58. The molecule has 4 heteroatoms. The van der Waals surface area contributed by atoms with Crippen LogP contribution in [0, 0.1) is 23.7 Å². The van der Waals surface area contributed by atoms with Crippen molar-refractivity contribution in [3.63, 3.8) is 0 Å². The van der Waals surface area contributed by atoms with E-state index < -0.39 is 17.4 Å². The van der Waals surface area contributed by atoms with Crippen LogP contribution >= 0.6 is 0 Å². The van der Waals surface area contributed by atoms with E-state index in [1.807, 2.05) is 121 Å². The summed E-state index contributed by atoms with van der Waals surface area (Å²) in [6, 6.07) is 45.0. The van der Waals surface area contributed by atoms with Crippen LogP contribution in [0.15, 0.2) is 146 Å². The van der Waals surface area contributed by atoms with Crippen LogP contribution in [0.2, 0.25) is 0 Å². The lowest BCUT2D eigenvalue weighted by atomic mass is 9.65. The number of hydrogen-bond donors (Lipinski definition) is 2. The molecule has 222 valence electrons. The summed E-state index contributed by atoms with van der Waals surface area (Å²) in [6.07, 6.45) is 0. The van der Waals surface area contributed by atoms with Crippen LogP contribution in [-0.4, -0.2) is 22.2 Å². The predicted octanol–water partition coefficient (Wildman–Crippen LogP) is 8.25. The second kappa shape index (κ2) is 12.1. The van der Waals surface area contributed by atoms with Crippen molar-refractivity contribution in [1.82, 2.24) is 0 Å². The standard InChI is InChI=1S/C43H26O4/c44-41(45)37-15-7-13-35-36-14-8-16-38(42(46)47)40(36)43(39(35)37,33-25-21-31(22-26-33)19-17-29-9-3-1-4-10-29)34-27-23-32(24-28-34)20-18-30-11-5-2-6-12-30/h1-16,21-28H,(H,44,45)(H,46,47). The van der Waals surface area contributed by atoms with E-state index in [0.717, 1.165) is 33.4 Å². The fourth-order valence-electron chi connectivity index (χ4n) is 6.53. The first-order valence-corrected chi connectivity index (χ1v) is 15.1. The summed E-state index contributed by atoms with van der Waals surface area (Å²) in [5.41, 5.74) is 6.17. The molecule has 0 saturated carbocycles. The molecule has 6 aromatic carbocycles. The Balaban J connectivity index is 1.48. The Morgan fingerprint density at radius 2 is 0.745 bits per heavy atom. The molecule has 6 aromatic rings. The molecule has 0 fully saturated rings. The first-order chi connectivity index (χ1) is 23.0. The van der Waals surface area contributed by atoms with Gasteiger partial charge < -0.3 is 10.2 Å². The van der Waals surface area contributed by atoms with E-state index >= 15 is 0 Å². The van der Waals surface area contributed by atoms with Gasteiger partial charge in [0.05, 0.1) is 16.5 Å². The average Bonchev–Trinajstić information content (AvgIpc) is 3.42. The lowest BCUT2D eigenvalue weighted by Crippen LogP contribution is -2.32. The van der Waals surface area contributed by atoms with Gasteiger partial charge in [-0.3, -0.25) is 0 Å². The van der Waals surface area contributed by atoms with Gasteiger partial charge in [-0.25, -0.2) is 9.59 Å². The third-order valence-corrected chi connectivity index (χ3v) is 8.52. The van der Waals surface area contributed by atoms with Crippen molar-refractivity contribution >= 4 is 11.9 Å². The molecule has 1 aliphatic rings. The smallest absolute Gasteiger partial charge is 0.336 e. The van der Waals surface area contributed by atoms with E-state index in [2.05, 4.69) is 23.7 Å². The van der Waals surface area contributed by atoms with Gasteiger partial charge in [-0.05, 0) is 94.0 Å². The number of benzene rings is 6. The summed E-state index contributed by atoms with van der Waals surface area (Å²) in [5, 5.41) is 21.0. The van der Waals surface area contributed by atoms with Gasteiger partial charge in [-0.15, -0.1) is 0 Å². The molecule has 4 nitrogen and oxygen atoms in total. The minimum atomic E-state index is -1.26. The van der Waals surface area contributed by atoms with Crippen molar-refractivity contribution in [2.75, 3.05) is 0 Å². The number of aromatic carboxylic acids is 2. The quantitative estimate of drug-likeness (QED) is 0.198. The van der Waals surface area contributed by atoms with E-state index in [0.29, 0.717) is 22.3 Å². The first kappa shape index (κ1) is 29.1. The third-order valence-electron chi connectivity index (χ3n) is 8.52. The maximum absolute atomic E-state index is 12.9. The molecule has 7 rings (SSSR count). The molecule has 0 radical (unpaired) electrons. The van der Waals surface area contributed by atoms with Gasteiger partial charge in [-0.1, -0.05) is 109 Å². The number of rotatable bonds is 4. The summed E-state index contributed by atoms with van der Waals surface area (Å²) in [4.78, 5) is 25.8. The lowest BCUT2D eigenvalue weighted by Gasteiger charge is -2.35. The Kier molecular flexibility index (Phi) is 7.46. The van der Waals surface area contributed by atoms with Crippen molar-refractivity contribution < 1.29 is 19.8 Å². The third kappa shape index (κ3) is 5.15. The van der Waals surface area contributed by atoms with Crippen LogP contribution in [0.3, 0.4) is 0 Å². The first-order valence-electron chi connectivity index (χ1n) is 15.1. The number of hydrogen-bond acceptors (Lipinski definition) is 2. The fraction of sp³-hybridized carbons (Fsp3) is 0.0233. The molecule has 0 bridgehead atoms. The van der Waals surface area contributed by atoms with Gasteiger partial charge >= 0.3 is 11.9 Å². The zero-order valence-electron chi connectivity index (χ0n) is 25.1. The van der Waals surface area contributed by atoms with Gasteiger partial charge in [0, 0.05) is 22.3 Å². The molecule has 0 atom stereocenters. The highest BCUT2D eigenvalue weighted by molar-refractivity contribution is 6.02. The molecule has 47 heavy (non-hydrogen) atoms. The van der Waals surface area contributed by atoms with Gasteiger partial charge in [0.15, 0.2) is 0 Å². The van der Waals surface area contributed by atoms with Crippen LogP contribution in [0.1, 0.15) is 65.2 Å². The van der Waals surface area contributed by atoms with E-state index in [1.165, 1.54) is 0 Å². The van der Waals surface area contributed by atoms with Gasteiger partial charge in [0.1, 0.15) is 0 Å². The van der Waals surface area contributed by atoms with E-state index in [4.69, 9.17) is 0 Å². The maximum atomic E-state index is 12.9. The number of fused-ring (bicyclic) bond motifs is 3. The van der Waals surface area contributed by atoms with Crippen molar-refractivity contribution in [3.8, 4) is 34.8 Å². The monoisotopic (exact) mass is 606 g/mol. The number of carboxylic acids is 2. The minimum absolute atomic E-state index is 0.107. The molecule has 0 amide bonds. The summed E-state index contributed by atoms with van der Waals surface area (Å²) >= 11 is 0. The Bertz CT molecular complexity index is 2110. The molecule has 0 saturated heterocycles. The van der Waals surface area contributed by atoms with Gasteiger partial charge in [0.2, 0.25) is 0 Å². The van der Waals surface area contributed by atoms with Crippen molar-refractivity contribution in [2.24, 2.45) is 0 Å². The fourth-order valence-corrected chi connectivity index (χ4v) is 6.53. The molecule has 0 heterocycles. The molecule has 1 aliphatic carbocycles. The number of carbonyl (C=O) groups is 2. The van der Waals surface area contributed by atoms with Crippen molar-refractivity contribution in [2.45, 2.75) is 5.41 Å². The lowest BCUT2D eigenvalue weighted by molar-refractivity contribution is 0.0686. The maximum Gasteiger partial charge on any atom is 0.336 e. The molecule has 2 N–H and O–H groups in total. The number of carboxylic acid groups (broad SMARTS) is 2. The Labute approximate surface area is 272 Å². The van der Waals surface area contributed by atoms with Crippen LogP contribution in [-0.2, 0) is 5.41 Å². The molecule has 0 spiro atoms. The Morgan fingerprint density at radius 1 is 0.404 bits per heavy atom. The summed E-state index contributed by atoms with van der Waals surface area (Å²) in [6.45, 7) is 0. The van der Waals surface area contributed by atoms with Crippen LogP contribution in [0.4, 0.5) is 0 Å². The summed E-state index contributed by atoms with van der Waals surface area (Å²) < 4.78 is 0. The molecular formula is C43H26O4. The summed E-state index contributed by atoms with van der Waals surface area (Å²) in [7, 11) is 0. The van der Waals surface area contributed by atoms with Crippen molar-refractivity contribution in [1.29, 1.82) is 0 Å². The Hall–Kier alpha value is -6.62. The summed E-state index contributed by atoms with van der Waals surface area (Å²) in [5.74, 6) is 10.6. The Morgan fingerprint density at radius 3 is 1.09 bits per heavy atom. The topological polar surface area (TPSA) is 74.6 Å². The zero-order chi connectivity index (χ0) is 32.4. The average molecular weight is 607 g/mol. The van der Waals surface area contributed by atoms with Crippen LogP contribution < -0.4 is 0 Å². The normalized spacial score (nSPS) is 12.0. The SMILES string of the molecule is O=C(O)c1cccc2c1C(c1ccc(C#Cc3ccccc3)cc1)(c1ccc(C#Cc3ccccc3)cc1)c1c(C(=O)O)cccc1-2. The largest absolute Gasteiger partial charge is 0.478 e. The van der Waals surface area contributed by atoms with Crippen LogP contribution in [0.25, 0.3) is 11.1 Å². The van der Waals surface area contributed by atoms with E-state index in [9.17, 15) is 19.8 Å². The predicted molar refractivity (Wildman–Crippen MR) is 183 cm³/mol. The zero-order valence-corrected chi connectivity index (χ0v) is 25.1. The second-order valence-electron chi connectivity index (χ2n) is 11.2. The van der Waals surface area contributed by atoms with Gasteiger partial charge in [0.25, 0.3) is 0 Å². The second-order valence-corrected chi connectivity index (χ2v) is 11.2. The minimum Gasteiger partial charge on any atom is -0.478 e. The highest BCUT2D eigenvalue weighted by atomic mass is 16.4. The molecule has 0 aliphatic heterocycles. The van der Waals surface area contributed by atoms with Gasteiger partial charge in [-0.2, -0.15) is 0 Å². The van der Waals surface area contributed by atoms with Crippen molar-refractivity contribution in [3.05, 3.63) is 201 Å². The molecule has 0 aromatic heterocycles. The van der Waals surface area contributed by atoms with E-state index in [1.54, 1.807) is 24.3 Å². The molecule has 0 unspecified atom stereocenters.